The van der Waals surface area contributed by atoms with E-state index >= 15 is 0 Å². The van der Waals surface area contributed by atoms with Crippen molar-refractivity contribution in [3.05, 3.63) is 35.9 Å². The van der Waals surface area contributed by atoms with E-state index in [1.54, 1.807) is 0 Å². The summed E-state index contributed by atoms with van der Waals surface area (Å²) in [6, 6.07) is 10.6. The Morgan fingerprint density at radius 1 is 1.31 bits per heavy atom. The standard InChI is InChI=1S/C12H16O/c1-9(12-10(2)13-12)8-11-6-4-3-5-7-11/h3-7,9-10,12H,8H2,1-2H3. The molecule has 3 atom stereocenters. The maximum atomic E-state index is 5.45. The molecule has 0 amide bonds. The predicted octanol–water partition coefficient (Wildman–Crippen LogP) is 2.65. The third-order valence-electron chi connectivity index (χ3n) is 2.72. The molecule has 0 spiro atoms. The van der Waals surface area contributed by atoms with Crippen LogP contribution in [0.3, 0.4) is 0 Å². The van der Waals surface area contributed by atoms with Gasteiger partial charge in [0.1, 0.15) is 0 Å². The first-order valence-corrected chi connectivity index (χ1v) is 4.97. The number of benzene rings is 1. The second-order valence-corrected chi connectivity index (χ2v) is 3.97. The summed E-state index contributed by atoms with van der Waals surface area (Å²) in [5, 5.41) is 0. The van der Waals surface area contributed by atoms with Gasteiger partial charge in [0.25, 0.3) is 0 Å². The third kappa shape index (κ3) is 2.10. The van der Waals surface area contributed by atoms with E-state index in [-0.39, 0.29) is 0 Å². The van der Waals surface area contributed by atoms with Crippen molar-refractivity contribution in [2.45, 2.75) is 32.5 Å². The van der Waals surface area contributed by atoms with Crippen molar-refractivity contribution in [1.82, 2.24) is 0 Å². The molecule has 1 aromatic rings. The van der Waals surface area contributed by atoms with Crippen LogP contribution in [0, 0.1) is 5.92 Å². The Morgan fingerprint density at radius 2 is 1.92 bits per heavy atom. The van der Waals surface area contributed by atoms with Gasteiger partial charge in [-0.15, -0.1) is 0 Å². The van der Waals surface area contributed by atoms with Gasteiger partial charge in [-0.1, -0.05) is 37.3 Å². The van der Waals surface area contributed by atoms with Crippen molar-refractivity contribution in [3.63, 3.8) is 0 Å². The maximum absolute atomic E-state index is 5.45. The van der Waals surface area contributed by atoms with Gasteiger partial charge in [-0.25, -0.2) is 0 Å². The Balaban J connectivity index is 1.91. The van der Waals surface area contributed by atoms with Crippen molar-refractivity contribution < 1.29 is 4.74 Å². The molecule has 1 saturated heterocycles. The zero-order chi connectivity index (χ0) is 9.26. The molecule has 1 aliphatic heterocycles. The molecule has 1 aliphatic rings. The number of epoxide rings is 1. The SMILES string of the molecule is CC(Cc1ccccc1)C1OC1C. The molecule has 0 N–H and O–H groups in total. The monoisotopic (exact) mass is 176 g/mol. The molecule has 3 unspecified atom stereocenters. The molecule has 1 aromatic carbocycles. The van der Waals surface area contributed by atoms with E-state index in [9.17, 15) is 0 Å². The van der Waals surface area contributed by atoms with E-state index in [1.807, 2.05) is 0 Å². The van der Waals surface area contributed by atoms with Gasteiger partial charge < -0.3 is 4.74 Å². The van der Waals surface area contributed by atoms with Crippen LogP contribution in [0.15, 0.2) is 30.3 Å². The highest BCUT2D eigenvalue weighted by Crippen LogP contribution is 2.30. The van der Waals surface area contributed by atoms with Crippen LogP contribution in [0.5, 0.6) is 0 Å². The van der Waals surface area contributed by atoms with Crippen LogP contribution in [0.25, 0.3) is 0 Å². The second kappa shape index (κ2) is 3.51. The normalized spacial score (nSPS) is 28.5. The van der Waals surface area contributed by atoms with Crippen molar-refractivity contribution in [2.24, 2.45) is 5.92 Å². The molecular formula is C12H16O. The summed E-state index contributed by atoms with van der Waals surface area (Å²) < 4.78 is 5.45. The van der Waals surface area contributed by atoms with Crippen LogP contribution in [-0.2, 0) is 11.2 Å². The quantitative estimate of drug-likeness (QED) is 0.645. The van der Waals surface area contributed by atoms with Gasteiger partial charge in [-0.3, -0.25) is 0 Å². The Labute approximate surface area is 79.7 Å². The number of rotatable bonds is 3. The molecule has 1 heterocycles. The van der Waals surface area contributed by atoms with Crippen LogP contribution in [0.2, 0.25) is 0 Å². The number of hydrogen-bond donors (Lipinski definition) is 0. The minimum Gasteiger partial charge on any atom is -0.370 e. The lowest BCUT2D eigenvalue weighted by molar-refractivity contribution is 0.328. The molecular weight excluding hydrogens is 160 g/mol. The summed E-state index contributed by atoms with van der Waals surface area (Å²) in [7, 11) is 0. The molecule has 1 nitrogen and oxygen atoms in total. The lowest BCUT2D eigenvalue weighted by atomic mass is 9.97. The first kappa shape index (κ1) is 8.76. The summed E-state index contributed by atoms with van der Waals surface area (Å²) in [6.07, 6.45) is 2.12. The van der Waals surface area contributed by atoms with E-state index in [4.69, 9.17) is 4.74 Å². The van der Waals surface area contributed by atoms with E-state index in [1.165, 1.54) is 5.56 Å². The largest absolute Gasteiger partial charge is 0.370 e. The smallest absolute Gasteiger partial charge is 0.0867 e. The van der Waals surface area contributed by atoms with Gasteiger partial charge in [0.05, 0.1) is 12.2 Å². The number of ether oxygens (including phenoxy) is 1. The van der Waals surface area contributed by atoms with Crippen LogP contribution in [0.1, 0.15) is 19.4 Å². The summed E-state index contributed by atoms with van der Waals surface area (Å²) >= 11 is 0. The van der Waals surface area contributed by atoms with Crippen molar-refractivity contribution >= 4 is 0 Å². The zero-order valence-electron chi connectivity index (χ0n) is 8.23. The zero-order valence-corrected chi connectivity index (χ0v) is 8.23. The Morgan fingerprint density at radius 3 is 2.46 bits per heavy atom. The molecule has 0 aromatic heterocycles. The predicted molar refractivity (Wildman–Crippen MR) is 53.6 cm³/mol. The lowest BCUT2D eigenvalue weighted by Gasteiger charge is -2.07. The molecule has 1 heteroatoms. The molecule has 0 aliphatic carbocycles. The summed E-state index contributed by atoms with van der Waals surface area (Å²) in [4.78, 5) is 0. The summed E-state index contributed by atoms with van der Waals surface area (Å²) in [5.41, 5.74) is 1.41. The van der Waals surface area contributed by atoms with Crippen LogP contribution >= 0.6 is 0 Å². The van der Waals surface area contributed by atoms with Gasteiger partial charge in [-0.05, 0) is 24.8 Å². The van der Waals surface area contributed by atoms with Crippen molar-refractivity contribution in [1.29, 1.82) is 0 Å². The highest BCUT2D eigenvalue weighted by molar-refractivity contribution is 5.15. The van der Waals surface area contributed by atoms with E-state index in [0.717, 1.165) is 6.42 Å². The topological polar surface area (TPSA) is 12.5 Å². The fraction of sp³-hybridized carbons (Fsp3) is 0.500. The van der Waals surface area contributed by atoms with Crippen LogP contribution in [-0.4, -0.2) is 12.2 Å². The van der Waals surface area contributed by atoms with E-state index in [0.29, 0.717) is 18.1 Å². The second-order valence-electron chi connectivity index (χ2n) is 3.97. The van der Waals surface area contributed by atoms with E-state index in [2.05, 4.69) is 44.2 Å². The summed E-state index contributed by atoms with van der Waals surface area (Å²) in [5.74, 6) is 0.650. The Bertz CT molecular complexity index is 268. The summed E-state index contributed by atoms with van der Waals surface area (Å²) in [6.45, 7) is 4.41. The van der Waals surface area contributed by atoms with Crippen molar-refractivity contribution in [2.75, 3.05) is 0 Å². The average Bonchev–Trinajstić information content (AvgIpc) is 2.84. The molecule has 0 radical (unpaired) electrons. The minimum atomic E-state index is 0.485. The average molecular weight is 176 g/mol. The molecule has 1 fully saturated rings. The molecule has 2 rings (SSSR count). The highest BCUT2D eigenvalue weighted by atomic mass is 16.6. The van der Waals surface area contributed by atoms with Crippen LogP contribution in [0.4, 0.5) is 0 Å². The number of hydrogen-bond acceptors (Lipinski definition) is 1. The first-order valence-electron chi connectivity index (χ1n) is 4.97. The first-order chi connectivity index (χ1) is 6.27. The highest BCUT2D eigenvalue weighted by Gasteiger charge is 2.38. The molecule has 13 heavy (non-hydrogen) atoms. The molecule has 0 saturated carbocycles. The Kier molecular flexibility index (Phi) is 2.36. The minimum absolute atomic E-state index is 0.485. The van der Waals surface area contributed by atoms with Gasteiger partial charge in [-0.2, -0.15) is 0 Å². The van der Waals surface area contributed by atoms with Gasteiger partial charge in [0.2, 0.25) is 0 Å². The molecule has 0 bridgehead atoms. The van der Waals surface area contributed by atoms with Crippen molar-refractivity contribution in [3.8, 4) is 0 Å². The van der Waals surface area contributed by atoms with Crippen LogP contribution < -0.4 is 0 Å². The van der Waals surface area contributed by atoms with Gasteiger partial charge in [0.15, 0.2) is 0 Å². The maximum Gasteiger partial charge on any atom is 0.0867 e. The lowest BCUT2D eigenvalue weighted by Crippen LogP contribution is -2.08. The fourth-order valence-corrected chi connectivity index (χ4v) is 1.90. The fourth-order valence-electron chi connectivity index (χ4n) is 1.90. The molecule has 70 valence electrons. The van der Waals surface area contributed by atoms with E-state index < -0.39 is 0 Å². The van der Waals surface area contributed by atoms with Gasteiger partial charge >= 0.3 is 0 Å². The Hall–Kier alpha value is -0.820. The van der Waals surface area contributed by atoms with Gasteiger partial charge in [0, 0.05) is 0 Å². The third-order valence-corrected chi connectivity index (χ3v) is 2.72.